The van der Waals surface area contributed by atoms with E-state index in [1.165, 1.54) is 6.42 Å². The fourth-order valence-electron chi connectivity index (χ4n) is 3.18. The molecule has 5 nitrogen and oxygen atoms in total. The van der Waals surface area contributed by atoms with Gasteiger partial charge in [-0.15, -0.1) is 0 Å². The molecule has 1 aliphatic rings. The summed E-state index contributed by atoms with van der Waals surface area (Å²) in [5.41, 5.74) is 1.93. The Kier molecular flexibility index (Phi) is 7.87. The Bertz CT molecular complexity index is 618. The minimum atomic E-state index is -1.69. The van der Waals surface area contributed by atoms with Crippen LogP contribution in [0.5, 0.6) is 0 Å². The number of likely N-dealkylation sites (tertiary alicyclic amines) is 1. The van der Waals surface area contributed by atoms with E-state index in [4.69, 9.17) is 25.5 Å². The van der Waals surface area contributed by atoms with Crippen LogP contribution in [0.25, 0.3) is 0 Å². The number of rotatable bonds is 8. The molecule has 0 aliphatic carbocycles. The third kappa shape index (κ3) is 5.75. The Morgan fingerprint density at radius 1 is 1.30 bits per heavy atom. The molecule has 7 heteroatoms. The van der Waals surface area contributed by atoms with Crippen LogP contribution in [0.1, 0.15) is 44.6 Å². The Morgan fingerprint density at radius 2 is 1.96 bits per heavy atom. The van der Waals surface area contributed by atoms with Crippen molar-refractivity contribution in [1.29, 1.82) is 0 Å². The zero-order chi connectivity index (χ0) is 20.2. The summed E-state index contributed by atoms with van der Waals surface area (Å²) >= 11 is 6.33. The zero-order valence-electron chi connectivity index (χ0n) is 17.8. The summed E-state index contributed by atoms with van der Waals surface area (Å²) in [5, 5.41) is 0.696. The molecule has 154 valence electrons. The molecule has 2 rings (SSSR count). The molecule has 0 bridgehead atoms. The SMILES string of the molecule is COC(OC)c1c(CN2CCC(CO[Si](C)(C)C(C)(C)C)C2)ccnc1Cl. The minimum absolute atomic E-state index is 0.253. The number of aromatic nitrogens is 1. The van der Waals surface area contributed by atoms with Gasteiger partial charge in [0.25, 0.3) is 0 Å². The summed E-state index contributed by atoms with van der Waals surface area (Å²) < 4.78 is 17.3. The summed E-state index contributed by atoms with van der Waals surface area (Å²) in [6.45, 7) is 15.3. The van der Waals surface area contributed by atoms with Gasteiger partial charge < -0.3 is 13.9 Å². The third-order valence-electron chi connectivity index (χ3n) is 5.95. The number of pyridine rings is 1. The molecule has 0 radical (unpaired) electrons. The van der Waals surface area contributed by atoms with Crippen LogP contribution in [0.15, 0.2) is 12.3 Å². The topological polar surface area (TPSA) is 43.8 Å². The predicted molar refractivity (Wildman–Crippen MR) is 113 cm³/mol. The molecule has 27 heavy (non-hydrogen) atoms. The lowest BCUT2D eigenvalue weighted by Gasteiger charge is -2.37. The first kappa shape index (κ1) is 22.8. The lowest BCUT2D eigenvalue weighted by Crippen LogP contribution is -2.42. The fourth-order valence-corrected chi connectivity index (χ4v) is 4.53. The second-order valence-electron chi connectivity index (χ2n) is 8.94. The first-order valence-electron chi connectivity index (χ1n) is 9.64. The van der Waals surface area contributed by atoms with Gasteiger partial charge in [-0.25, -0.2) is 4.98 Å². The van der Waals surface area contributed by atoms with Gasteiger partial charge in [0.05, 0.1) is 0 Å². The first-order chi connectivity index (χ1) is 12.6. The van der Waals surface area contributed by atoms with Gasteiger partial charge >= 0.3 is 0 Å². The van der Waals surface area contributed by atoms with Crippen molar-refractivity contribution in [2.24, 2.45) is 5.92 Å². The average Bonchev–Trinajstić information content (AvgIpc) is 3.03. The minimum Gasteiger partial charge on any atom is -0.416 e. The molecular formula is C20H35ClN2O3Si. The molecule has 2 heterocycles. The molecule has 1 aliphatic heterocycles. The van der Waals surface area contributed by atoms with Gasteiger partial charge in [0.15, 0.2) is 14.6 Å². The summed E-state index contributed by atoms with van der Waals surface area (Å²) in [6, 6.07) is 2.01. The number of halogens is 1. The molecule has 1 fully saturated rings. The number of hydrogen-bond acceptors (Lipinski definition) is 5. The van der Waals surface area contributed by atoms with Gasteiger partial charge in [-0.2, -0.15) is 0 Å². The van der Waals surface area contributed by atoms with Crippen molar-refractivity contribution in [2.45, 2.75) is 58.2 Å². The fraction of sp³-hybridized carbons (Fsp3) is 0.750. The van der Waals surface area contributed by atoms with E-state index in [9.17, 15) is 0 Å². The molecule has 1 unspecified atom stereocenters. The van der Waals surface area contributed by atoms with Gasteiger partial charge in [0.1, 0.15) is 5.15 Å². The zero-order valence-corrected chi connectivity index (χ0v) is 19.6. The highest BCUT2D eigenvalue weighted by atomic mass is 35.5. The van der Waals surface area contributed by atoms with Gasteiger partial charge in [0, 0.05) is 45.7 Å². The summed E-state index contributed by atoms with van der Waals surface area (Å²) in [6.07, 6.45) is 2.42. The van der Waals surface area contributed by atoms with Crippen LogP contribution in [-0.4, -0.2) is 52.1 Å². The highest BCUT2D eigenvalue weighted by Gasteiger charge is 2.38. The van der Waals surface area contributed by atoms with Gasteiger partial charge in [0.2, 0.25) is 0 Å². The molecule has 1 saturated heterocycles. The molecule has 1 aromatic rings. The van der Waals surface area contributed by atoms with Crippen LogP contribution in [0.4, 0.5) is 0 Å². The van der Waals surface area contributed by atoms with Crippen LogP contribution in [0.3, 0.4) is 0 Å². The highest BCUT2D eigenvalue weighted by Crippen LogP contribution is 2.37. The molecule has 0 amide bonds. The van der Waals surface area contributed by atoms with E-state index in [0.29, 0.717) is 11.1 Å². The summed E-state index contributed by atoms with van der Waals surface area (Å²) in [7, 11) is 1.55. The number of methoxy groups -OCH3 is 2. The van der Waals surface area contributed by atoms with E-state index >= 15 is 0 Å². The van der Waals surface area contributed by atoms with Crippen molar-refractivity contribution in [3.05, 3.63) is 28.5 Å². The third-order valence-corrected chi connectivity index (χ3v) is 10.7. The molecule has 0 saturated carbocycles. The van der Waals surface area contributed by atoms with Crippen LogP contribution < -0.4 is 0 Å². The van der Waals surface area contributed by atoms with Crippen molar-refractivity contribution >= 4 is 19.9 Å². The maximum atomic E-state index is 6.43. The average molecular weight is 415 g/mol. The van der Waals surface area contributed by atoms with Gasteiger partial charge in [-0.3, -0.25) is 4.90 Å². The quantitative estimate of drug-likeness (QED) is 0.345. The molecule has 1 atom stereocenters. The number of nitrogens with zero attached hydrogens (tertiary/aromatic N) is 2. The van der Waals surface area contributed by atoms with Gasteiger partial charge in [-0.1, -0.05) is 32.4 Å². The molecular weight excluding hydrogens is 380 g/mol. The second kappa shape index (κ2) is 9.33. The molecule has 0 aromatic carbocycles. The van der Waals surface area contributed by atoms with E-state index in [-0.39, 0.29) is 5.04 Å². The van der Waals surface area contributed by atoms with E-state index in [2.05, 4.69) is 43.7 Å². The normalized spacial score (nSPS) is 19.2. The Hall–Kier alpha value is -0.503. The van der Waals surface area contributed by atoms with E-state index in [0.717, 1.165) is 37.4 Å². The van der Waals surface area contributed by atoms with Crippen molar-refractivity contribution in [3.63, 3.8) is 0 Å². The Morgan fingerprint density at radius 3 is 2.56 bits per heavy atom. The van der Waals surface area contributed by atoms with Crippen molar-refractivity contribution < 1.29 is 13.9 Å². The van der Waals surface area contributed by atoms with Crippen LogP contribution >= 0.6 is 11.6 Å². The van der Waals surface area contributed by atoms with Crippen molar-refractivity contribution in [3.8, 4) is 0 Å². The molecule has 0 N–H and O–H groups in total. The van der Waals surface area contributed by atoms with Gasteiger partial charge in [-0.05, 0) is 48.6 Å². The van der Waals surface area contributed by atoms with Crippen LogP contribution in [0.2, 0.25) is 23.3 Å². The molecule has 1 aromatic heterocycles. The largest absolute Gasteiger partial charge is 0.416 e. The molecule has 0 spiro atoms. The lowest BCUT2D eigenvalue weighted by molar-refractivity contribution is -0.106. The predicted octanol–water partition coefficient (Wildman–Crippen LogP) is 4.87. The van der Waals surface area contributed by atoms with E-state index in [1.807, 2.05) is 6.07 Å². The second-order valence-corrected chi connectivity index (χ2v) is 14.1. The highest BCUT2D eigenvalue weighted by molar-refractivity contribution is 6.74. The summed E-state index contributed by atoms with van der Waals surface area (Å²) in [5.74, 6) is 0.584. The van der Waals surface area contributed by atoms with E-state index in [1.54, 1.807) is 20.4 Å². The number of hydrogen-bond donors (Lipinski definition) is 0. The maximum absolute atomic E-state index is 6.43. The first-order valence-corrected chi connectivity index (χ1v) is 12.9. The van der Waals surface area contributed by atoms with Crippen molar-refractivity contribution in [2.75, 3.05) is 33.9 Å². The summed E-state index contributed by atoms with van der Waals surface area (Å²) in [4.78, 5) is 6.65. The monoisotopic (exact) mass is 414 g/mol. The number of ether oxygens (including phenoxy) is 2. The van der Waals surface area contributed by atoms with Crippen LogP contribution in [0, 0.1) is 5.92 Å². The Labute approximate surface area is 170 Å². The van der Waals surface area contributed by atoms with Crippen LogP contribution in [-0.2, 0) is 20.4 Å². The standard InChI is InChI=1S/C20H35ClN2O3Si/c1-20(2,3)27(6,7)26-14-15-9-11-23(12-15)13-16-8-10-22-18(21)17(16)19(24-4)25-5/h8,10,15,19H,9,11-14H2,1-7H3. The van der Waals surface area contributed by atoms with E-state index < -0.39 is 14.6 Å². The van der Waals surface area contributed by atoms with Crippen molar-refractivity contribution in [1.82, 2.24) is 9.88 Å². The smallest absolute Gasteiger partial charge is 0.191 e. The maximum Gasteiger partial charge on any atom is 0.191 e. The lowest BCUT2D eigenvalue weighted by atomic mass is 10.1. The Balaban J connectivity index is 1.98.